The van der Waals surface area contributed by atoms with Gasteiger partial charge in [-0.25, -0.2) is 0 Å². The minimum atomic E-state index is 0.0624. The number of rotatable bonds is 4. The molecule has 0 saturated carbocycles. The third-order valence-corrected chi connectivity index (χ3v) is 4.31. The highest BCUT2D eigenvalue weighted by Gasteiger charge is 2.22. The summed E-state index contributed by atoms with van der Waals surface area (Å²) in [6, 6.07) is 9.50. The second-order valence-electron chi connectivity index (χ2n) is 6.31. The highest BCUT2D eigenvalue weighted by atomic mass is 16.5. The van der Waals surface area contributed by atoms with Gasteiger partial charge in [-0.2, -0.15) is 0 Å². The molecule has 2 heterocycles. The summed E-state index contributed by atoms with van der Waals surface area (Å²) >= 11 is 0. The monoisotopic (exact) mass is 325 g/mol. The summed E-state index contributed by atoms with van der Waals surface area (Å²) in [5.41, 5.74) is 2.35. The van der Waals surface area contributed by atoms with E-state index in [0.717, 1.165) is 36.6 Å². The van der Waals surface area contributed by atoms with E-state index in [-0.39, 0.29) is 5.91 Å². The SMILES string of the molecule is COc1ccc(Nc2cncc(C(=O)N3CCCC(C)C3)c2)cc1. The average Bonchev–Trinajstić information content (AvgIpc) is 2.62. The van der Waals surface area contributed by atoms with Crippen molar-refractivity contribution in [3.05, 3.63) is 48.3 Å². The van der Waals surface area contributed by atoms with Crippen LogP contribution in [0.4, 0.5) is 11.4 Å². The molecule has 24 heavy (non-hydrogen) atoms. The van der Waals surface area contributed by atoms with Crippen molar-refractivity contribution in [2.45, 2.75) is 19.8 Å². The fourth-order valence-electron chi connectivity index (χ4n) is 3.02. The van der Waals surface area contributed by atoms with E-state index in [4.69, 9.17) is 4.74 Å². The topological polar surface area (TPSA) is 54.5 Å². The van der Waals surface area contributed by atoms with Crippen molar-refractivity contribution in [1.82, 2.24) is 9.88 Å². The summed E-state index contributed by atoms with van der Waals surface area (Å²) in [5.74, 6) is 1.44. The minimum Gasteiger partial charge on any atom is -0.497 e. The second kappa shape index (κ2) is 7.34. The van der Waals surface area contributed by atoms with Gasteiger partial charge in [-0.3, -0.25) is 9.78 Å². The van der Waals surface area contributed by atoms with Crippen molar-refractivity contribution in [3.8, 4) is 5.75 Å². The van der Waals surface area contributed by atoms with Crippen LogP contribution in [0.25, 0.3) is 0 Å². The first kappa shape index (κ1) is 16.3. The molecule has 126 valence electrons. The summed E-state index contributed by atoms with van der Waals surface area (Å²) < 4.78 is 5.16. The predicted molar refractivity (Wildman–Crippen MR) is 94.8 cm³/mol. The van der Waals surface area contributed by atoms with Crippen LogP contribution in [0.3, 0.4) is 0 Å². The molecule has 1 fully saturated rings. The van der Waals surface area contributed by atoms with E-state index in [0.29, 0.717) is 11.5 Å². The molecule has 0 aliphatic carbocycles. The molecule has 5 nitrogen and oxygen atoms in total. The molecule has 1 unspecified atom stereocenters. The summed E-state index contributed by atoms with van der Waals surface area (Å²) in [6.45, 7) is 3.85. The Morgan fingerprint density at radius 1 is 1.25 bits per heavy atom. The van der Waals surface area contributed by atoms with Gasteiger partial charge >= 0.3 is 0 Å². The second-order valence-corrected chi connectivity index (χ2v) is 6.31. The van der Waals surface area contributed by atoms with Crippen LogP contribution in [0.1, 0.15) is 30.1 Å². The molecule has 1 aromatic carbocycles. The molecule has 2 aromatic rings. The lowest BCUT2D eigenvalue weighted by Crippen LogP contribution is -2.39. The quantitative estimate of drug-likeness (QED) is 0.931. The van der Waals surface area contributed by atoms with Crippen molar-refractivity contribution in [2.75, 3.05) is 25.5 Å². The summed E-state index contributed by atoms with van der Waals surface area (Å²) in [4.78, 5) is 18.8. The van der Waals surface area contributed by atoms with Crippen molar-refractivity contribution in [3.63, 3.8) is 0 Å². The molecule has 1 saturated heterocycles. The van der Waals surface area contributed by atoms with E-state index in [2.05, 4.69) is 17.2 Å². The Balaban J connectivity index is 1.72. The molecule has 1 N–H and O–H groups in total. The van der Waals surface area contributed by atoms with Gasteiger partial charge in [0.05, 0.1) is 24.6 Å². The Morgan fingerprint density at radius 3 is 2.75 bits per heavy atom. The Morgan fingerprint density at radius 2 is 2.04 bits per heavy atom. The number of amides is 1. The van der Waals surface area contributed by atoms with Gasteiger partial charge in [0.25, 0.3) is 5.91 Å². The van der Waals surface area contributed by atoms with E-state index in [9.17, 15) is 4.79 Å². The zero-order valence-corrected chi connectivity index (χ0v) is 14.2. The van der Waals surface area contributed by atoms with Gasteiger partial charge in [0.1, 0.15) is 5.75 Å². The molecule has 3 rings (SSSR count). The van der Waals surface area contributed by atoms with Crippen LogP contribution in [0.15, 0.2) is 42.7 Å². The fraction of sp³-hybridized carbons (Fsp3) is 0.368. The van der Waals surface area contributed by atoms with Crippen LogP contribution in [-0.2, 0) is 0 Å². The van der Waals surface area contributed by atoms with Crippen molar-refractivity contribution in [1.29, 1.82) is 0 Å². The third kappa shape index (κ3) is 3.85. The third-order valence-electron chi connectivity index (χ3n) is 4.31. The molecular weight excluding hydrogens is 302 g/mol. The molecule has 1 atom stereocenters. The average molecular weight is 325 g/mol. The molecule has 0 radical (unpaired) electrons. The smallest absolute Gasteiger partial charge is 0.255 e. The van der Waals surface area contributed by atoms with Crippen molar-refractivity contribution in [2.24, 2.45) is 5.92 Å². The van der Waals surface area contributed by atoms with E-state index in [1.54, 1.807) is 19.5 Å². The number of hydrogen-bond donors (Lipinski definition) is 1. The number of anilines is 2. The van der Waals surface area contributed by atoms with Crippen LogP contribution in [0.2, 0.25) is 0 Å². The number of carbonyl (C=O) groups excluding carboxylic acids is 1. The number of nitrogens with one attached hydrogen (secondary N) is 1. The number of methoxy groups -OCH3 is 1. The highest BCUT2D eigenvalue weighted by molar-refractivity contribution is 5.95. The van der Waals surface area contributed by atoms with Gasteiger partial charge in [0.2, 0.25) is 0 Å². The number of hydrogen-bond acceptors (Lipinski definition) is 4. The Hall–Kier alpha value is -2.56. The molecular formula is C19H23N3O2. The lowest BCUT2D eigenvalue weighted by molar-refractivity contribution is 0.0682. The number of aromatic nitrogens is 1. The molecule has 0 spiro atoms. The van der Waals surface area contributed by atoms with E-state index in [1.807, 2.05) is 35.2 Å². The number of piperidine rings is 1. The zero-order chi connectivity index (χ0) is 16.9. The van der Waals surface area contributed by atoms with Crippen LogP contribution >= 0.6 is 0 Å². The number of pyridine rings is 1. The zero-order valence-electron chi connectivity index (χ0n) is 14.2. The van der Waals surface area contributed by atoms with Gasteiger partial charge < -0.3 is 15.0 Å². The van der Waals surface area contributed by atoms with Crippen LogP contribution in [-0.4, -0.2) is 36.0 Å². The number of benzene rings is 1. The first-order valence-corrected chi connectivity index (χ1v) is 8.31. The summed E-state index contributed by atoms with van der Waals surface area (Å²) in [6.07, 6.45) is 5.63. The Bertz CT molecular complexity index is 700. The number of ether oxygens (including phenoxy) is 1. The number of carbonyl (C=O) groups is 1. The number of nitrogens with zero attached hydrogens (tertiary/aromatic N) is 2. The minimum absolute atomic E-state index is 0.0624. The fourth-order valence-corrected chi connectivity index (χ4v) is 3.02. The van der Waals surface area contributed by atoms with Crippen molar-refractivity contribution >= 4 is 17.3 Å². The maximum Gasteiger partial charge on any atom is 0.255 e. The van der Waals surface area contributed by atoms with E-state index < -0.39 is 0 Å². The van der Waals surface area contributed by atoms with Crippen LogP contribution in [0, 0.1) is 5.92 Å². The van der Waals surface area contributed by atoms with Gasteiger partial charge in [-0.15, -0.1) is 0 Å². The molecule has 0 bridgehead atoms. The van der Waals surface area contributed by atoms with Crippen LogP contribution in [0.5, 0.6) is 5.75 Å². The van der Waals surface area contributed by atoms with E-state index in [1.165, 1.54) is 6.42 Å². The molecule has 1 aliphatic heterocycles. The predicted octanol–water partition coefficient (Wildman–Crippen LogP) is 3.71. The molecule has 1 aromatic heterocycles. The van der Waals surface area contributed by atoms with Gasteiger partial charge in [0.15, 0.2) is 0 Å². The van der Waals surface area contributed by atoms with Gasteiger partial charge in [0, 0.05) is 25.0 Å². The lowest BCUT2D eigenvalue weighted by atomic mass is 10.00. The largest absolute Gasteiger partial charge is 0.497 e. The summed E-state index contributed by atoms with van der Waals surface area (Å²) in [5, 5.41) is 3.27. The maximum absolute atomic E-state index is 12.7. The van der Waals surface area contributed by atoms with Crippen molar-refractivity contribution < 1.29 is 9.53 Å². The summed E-state index contributed by atoms with van der Waals surface area (Å²) in [7, 11) is 1.64. The molecule has 1 aliphatic rings. The normalized spacial score (nSPS) is 17.4. The first-order valence-electron chi connectivity index (χ1n) is 8.31. The van der Waals surface area contributed by atoms with Gasteiger partial charge in [-0.05, 0) is 49.1 Å². The molecule has 1 amide bonds. The highest BCUT2D eigenvalue weighted by Crippen LogP contribution is 2.22. The lowest BCUT2D eigenvalue weighted by Gasteiger charge is -2.31. The first-order chi connectivity index (χ1) is 11.7. The maximum atomic E-state index is 12.7. The van der Waals surface area contributed by atoms with Crippen LogP contribution < -0.4 is 10.1 Å². The Kier molecular flexibility index (Phi) is 4.99. The Labute approximate surface area is 142 Å². The standard InChI is InChI=1S/C19H23N3O2/c1-14-4-3-9-22(13-14)19(23)15-10-17(12-20-11-15)21-16-5-7-18(24-2)8-6-16/h5-8,10-12,14,21H,3-4,9,13H2,1-2H3. The molecule has 5 heteroatoms. The number of likely N-dealkylation sites (tertiary alicyclic amines) is 1. The van der Waals surface area contributed by atoms with E-state index >= 15 is 0 Å². The van der Waals surface area contributed by atoms with Gasteiger partial charge in [-0.1, -0.05) is 6.92 Å².